The Morgan fingerprint density at radius 2 is 1.72 bits per heavy atom. The van der Waals surface area contributed by atoms with Crippen molar-refractivity contribution in [3.63, 3.8) is 0 Å². The van der Waals surface area contributed by atoms with E-state index in [0.717, 1.165) is 16.7 Å². The monoisotopic (exact) mass is 540 g/mol. The van der Waals surface area contributed by atoms with Crippen molar-refractivity contribution in [1.82, 2.24) is 5.32 Å². The van der Waals surface area contributed by atoms with Crippen LogP contribution in [0.4, 0.5) is 4.79 Å². The molecule has 5 rings (SSSR count). The minimum atomic E-state index is -0.897. The molecular weight excluding hydrogens is 508 g/mol. The van der Waals surface area contributed by atoms with Crippen molar-refractivity contribution in [3.05, 3.63) is 41.0 Å². The molecule has 2 heterocycles. The highest BCUT2D eigenvalue weighted by molar-refractivity contribution is 5.85. The minimum absolute atomic E-state index is 0.0132. The van der Waals surface area contributed by atoms with Gasteiger partial charge in [0.2, 0.25) is 18.4 Å². The van der Waals surface area contributed by atoms with Gasteiger partial charge in [-0.1, -0.05) is 13.8 Å². The number of hydrogen-bond donors (Lipinski definition) is 2. The Morgan fingerprint density at radius 3 is 2.33 bits per heavy atom. The van der Waals surface area contributed by atoms with Gasteiger partial charge in [0.05, 0.1) is 26.7 Å². The van der Waals surface area contributed by atoms with E-state index in [0.29, 0.717) is 30.9 Å². The normalized spacial score (nSPS) is 21.5. The van der Waals surface area contributed by atoms with E-state index < -0.39 is 24.0 Å². The fourth-order valence-electron chi connectivity index (χ4n) is 5.67. The highest BCUT2D eigenvalue weighted by Crippen LogP contribution is 2.52. The van der Waals surface area contributed by atoms with Crippen LogP contribution in [0.15, 0.2) is 24.3 Å². The number of fused-ring (bicyclic) bond motifs is 3. The van der Waals surface area contributed by atoms with Crippen LogP contribution in [0.3, 0.4) is 0 Å². The fraction of sp³-hybridized carbons (Fsp3) is 0.464. The molecule has 3 aliphatic rings. The van der Waals surface area contributed by atoms with Gasteiger partial charge < -0.3 is 39.5 Å². The second kappa shape index (κ2) is 10.5. The lowest BCUT2D eigenvalue weighted by molar-refractivity contribution is -0.141. The molecule has 1 aliphatic carbocycles. The largest absolute Gasteiger partial charge is 0.493 e. The molecule has 0 radical (unpaired) electrons. The van der Waals surface area contributed by atoms with Gasteiger partial charge in [-0.05, 0) is 59.7 Å². The average Bonchev–Trinajstić information content (AvgIpc) is 3.51. The number of carbonyl (C=O) groups excluding carboxylic acids is 3. The first-order valence-electron chi connectivity index (χ1n) is 12.8. The molecular formula is C28H32N2O9. The summed E-state index contributed by atoms with van der Waals surface area (Å²) in [6.07, 6.45) is 0.154. The fourth-order valence-corrected chi connectivity index (χ4v) is 5.67. The Kier molecular flexibility index (Phi) is 7.16. The molecule has 208 valence electrons. The van der Waals surface area contributed by atoms with Crippen LogP contribution in [0.1, 0.15) is 42.9 Å². The number of cyclic esters (lactones) is 1. The second-order valence-corrected chi connectivity index (χ2v) is 10.4. The zero-order valence-electron chi connectivity index (χ0n) is 22.3. The molecule has 1 saturated heterocycles. The van der Waals surface area contributed by atoms with Gasteiger partial charge >= 0.3 is 12.1 Å². The summed E-state index contributed by atoms with van der Waals surface area (Å²) in [5, 5.41) is 2.52. The van der Waals surface area contributed by atoms with Crippen molar-refractivity contribution in [3.8, 4) is 28.7 Å². The third-order valence-corrected chi connectivity index (χ3v) is 7.41. The molecule has 2 aliphatic heterocycles. The Balaban J connectivity index is 1.52. The van der Waals surface area contributed by atoms with Crippen LogP contribution < -0.4 is 34.7 Å². The van der Waals surface area contributed by atoms with Crippen molar-refractivity contribution in [1.29, 1.82) is 0 Å². The number of amides is 2. The minimum Gasteiger partial charge on any atom is -0.493 e. The number of rotatable bonds is 8. The molecule has 2 amide bonds. The van der Waals surface area contributed by atoms with Gasteiger partial charge in [0, 0.05) is 11.8 Å². The van der Waals surface area contributed by atoms with Crippen LogP contribution >= 0.6 is 0 Å². The maximum Gasteiger partial charge on any atom is 0.413 e. The smallest absolute Gasteiger partial charge is 0.413 e. The predicted octanol–water partition coefficient (Wildman–Crippen LogP) is 2.90. The molecule has 39 heavy (non-hydrogen) atoms. The van der Waals surface area contributed by atoms with Crippen LogP contribution in [0, 0.1) is 17.8 Å². The lowest BCUT2D eigenvalue weighted by Crippen LogP contribution is -2.46. The van der Waals surface area contributed by atoms with Gasteiger partial charge in [-0.3, -0.25) is 9.59 Å². The molecule has 1 fully saturated rings. The number of carbonyl (C=O) groups is 3. The van der Waals surface area contributed by atoms with Crippen molar-refractivity contribution >= 4 is 18.0 Å². The molecule has 2 aromatic carbocycles. The van der Waals surface area contributed by atoms with Crippen LogP contribution in [0.5, 0.6) is 28.7 Å². The lowest BCUT2D eigenvalue weighted by atomic mass is 9.67. The molecule has 3 N–H and O–H groups in total. The van der Waals surface area contributed by atoms with Crippen molar-refractivity contribution in [2.75, 3.05) is 27.6 Å². The number of primary amides is 1. The summed E-state index contributed by atoms with van der Waals surface area (Å²) in [4.78, 5) is 37.5. The van der Waals surface area contributed by atoms with Crippen molar-refractivity contribution < 1.29 is 42.8 Å². The second-order valence-electron chi connectivity index (χ2n) is 10.4. The predicted molar refractivity (Wildman–Crippen MR) is 137 cm³/mol. The summed E-state index contributed by atoms with van der Waals surface area (Å²) >= 11 is 0. The van der Waals surface area contributed by atoms with Crippen LogP contribution in [0.2, 0.25) is 0 Å². The van der Waals surface area contributed by atoms with E-state index >= 15 is 0 Å². The summed E-state index contributed by atoms with van der Waals surface area (Å²) in [7, 11) is 2.88. The Labute approximate surface area is 225 Å². The van der Waals surface area contributed by atoms with E-state index in [1.165, 1.54) is 14.2 Å². The summed E-state index contributed by atoms with van der Waals surface area (Å²) in [6, 6.07) is 6.42. The third-order valence-electron chi connectivity index (χ3n) is 7.41. The molecule has 0 spiro atoms. The molecule has 0 bridgehead atoms. The zero-order valence-corrected chi connectivity index (χ0v) is 22.3. The molecule has 2 aromatic rings. The Morgan fingerprint density at radius 1 is 1.05 bits per heavy atom. The van der Waals surface area contributed by atoms with Gasteiger partial charge in [-0.15, -0.1) is 0 Å². The molecule has 4 atom stereocenters. The maximum atomic E-state index is 12.9. The van der Waals surface area contributed by atoms with E-state index in [2.05, 4.69) is 5.32 Å². The van der Waals surface area contributed by atoms with E-state index in [4.69, 9.17) is 34.2 Å². The number of ether oxygens (including phenoxy) is 6. The molecule has 0 saturated carbocycles. The van der Waals surface area contributed by atoms with Crippen molar-refractivity contribution in [2.24, 2.45) is 23.5 Å². The summed E-state index contributed by atoms with van der Waals surface area (Å²) in [5.74, 6) is 0.116. The highest BCUT2D eigenvalue weighted by atomic mass is 16.7. The van der Waals surface area contributed by atoms with E-state index in [1.807, 2.05) is 26.0 Å². The molecule has 0 unspecified atom stereocenters. The summed E-state index contributed by atoms with van der Waals surface area (Å²) < 4.78 is 33.5. The quantitative estimate of drug-likeness (QED) is 0.483. The van der Waals surface area contributed by atoms with Gasteiger partial charge in [0.25, 0.3) is 0 Å². The van der Waals surface area contributed by atoms with E-state index in [-0.39, 0.29) is 47.8 Å². The third kappa shape index (κ3) is 5.00. The molecule has 11 heteroatoms. The number of esters is 1. The van der Waals surface area contributed by atoms with Gasteiger partial charge in [0.15, 0.2) is 23.0 Å². The van der Waals surface area contributed by atoms with E-state index in [9.17, 15) is 14.4 Å². The molecule has 0 aromatic heterocycles. The lowest BCUT2D eigenvalue weighted by Gasteiger charge is -2.34. The number of methoxy groups -OCH3 is 2. The first-order valence-corrected chi connectivity index (χ1v) is 12.8. The highest BCUT2D eigenvalue weighted by Gasteiger charge is 2.48. The first-order chi connectivity index (χ1) is 18.7. The molecule has 11 nitrogen and oxygen atoms in total. The standard InChI is InChI=1S/C28H32N2O9/c1-13(2)5-18(26(29)31)30-28(33)39-25-21(34-3)8-15(9-22(25)35-4)23-17-10-20-19(37-12-38-20)7-14(17)6-16-11-36-27(32)24(16)23/h7-10,13,16,18,23-24H,5-6,11-12H2,1-4H3,(H2,29,31)(H,30,33)/t16-,18-,23+,24-/m0/s1. The van der Waals surface area contributed by atoms with Crippen molar-refractivity contribution in [2.45, 2.75) is 38.6 Å². The van der Waals surface area contributed by atoms with Gasteiger partial charge in [0.1, 0.15) is 6.04 Å². The van der Waals surface area contributed by atoms with Crippen LogP contribution in [-0.4, -0.2) is 51.6 Å². The Bertz CT molecular complexity index is 1280. The SMILES string of the molecule is COc1cc([C@@H]2c3cc4c(cc3C[C@H]3COC(=O)[C@@H]32)OCO4)cc(OC)c1OC(=O)N[C@@H](CC(C)C)C(N)=O. The van der Waals surface area contributed by atoms with Crippen LogP contribution in [-0.2, 0) is 20.7 Å². The zero-order chi connectivity index (χ0) is 27.8. The first kappa shape index (κ1) is 26.5. The number of hydrogen-bond acceptors (Lipinski definition) is 9. The van der Waals surface area contributed by atoms with Crippen LogP contribution in [0.25, 0.3) is 0 Å². The maximum absolute atomic E-state index is 12.9. The number of benzene rings is 2. The summed E-state index contributed by atoms with van der Waals surface area (Å²) in [6.45, 7) is 4.30. The average molecular weight is 541 g/mol. The topological polar surface area (TPSA) is 145 Å². The number of nitrogens with one attached hydrogen (secondary N) is 1. The Hall–Kier alpha value is -4.15. The van der Waals surface area contributed by atoms with E-state index in [1.54, 1.807) is 12.1 Å². The summed E-state index contributed by atoms with van der Waals surface area (Å²) in [5.41, 5.74) is 8.15. The van der Waals surface area contributed by atoms with Gasteiger partial charge in [-0.25, -0.2) is 4.79 Å². The number of nitrogens with two attached hydrogens (primary N) is 1. The van der Waals surface area contributed by atoms with Gasteiger partial charge in [-0.2, -0.15) is 0 Å².